The van der Waals surface area contributed by atoms with Crippen LogP contribution in [0.3, 0.4) is 0 Å². The average Bonchev–Trinajstić information content (AvgIpc) is 2.15. The molecule has 0 aliphatic carbocycles. The van der Waals surface area contributed by atoms with E-state index in [2.05, 4.69) is 10.0 Å². The van der Waals surface area contributed by atoms with Crippen molar-refractivity contribution in [2.75, 3.05) is 0 Å². The summed E-state index contributed by atoms with van der Waals surface area (Å²) in [7, 11) is 0. The van der Waals surface area contributed by atoms with Gasteiger partial charge in [0.15, 0.2) is 0 Å². The summed E-state index contributed by atoms with van der Waals surface area (Å²) in [5, 5.41) is 3.69. The molecule has 0 saturated heterocycles. The first-order valence-corrected chi connectivity index (χ1v) is 3.97. The van der Waals surface area contributed by atoms with Gasteiger partial charge in [0.2, 0.25) is 0 Å². The zero-order valence-corrected chi connectivity index (χ0v) is 7.01. The Kier molecular flexibility index (Phi) is 5.40. The third-order valence-corrected chi connectivity index (χ3v) is 1.76. The first kappa shape index (κ1) is 11.5. The van der Waals surface area contributed by atoms with Gasteiger partial charge >= 0.3 is 0 Å². The first-order valence-electron chi connectivity index (χ1n) is 3.97. The normalized spacial score (nSPS) is 10.8. The molecular weight excluding hydrogens is 162 g/mol. The van der Waals surface area contributed by atoms with Gasteiger partial charge in [-0.05, 0) is 17.5 Å². The number of benzene rings is 1. The molecule has 0 spiro atoms. The summed E-state index contributed by atoms with van der Waals surface area (Å²) in [6, 6.07) is 9.78. The minimum Gasteiger partial charge on any atom is -0.0859 e. The Morgan fingerprint density at radius 3 is 2.46 bits per heavy atom. The molecule has 0 aliphatic rings. The molecule has 0 aliphatic heterocycles. The Bertz CT molecular complexity index is 275. The second-order valence-electron chi connectivity index (χ2n) is 2.54. The van der Waals surface area contributed by atoms with Gasteiger partial charge in [-0.3, -0.25) is 0 Å². The minimum atomic E-state index is -0.0174. The molecule has 0 bridgehead atoms. The van der Waals surface area contributed by atoms with Gasteiger partial charge in [0.05, 0.1) is 6.04 Å². The SMILES string of the molecule is C.CC[C@@H](N=[N+]=[N-])c1ccccc1. The van der Waals surface area contributed by atoms with Crippen molar-refractivity contribution in [3.05, 3.63) is 46.3 Å². The van der Waals surface area contributed by atoms with Crippen LogP contribution in [0.4, 0.5) is 0 Å². The van der Waals surface area contributed by atoms with Gasteiger partial charge in [-0.1, -0.05) is 49.8 Å². The predicted octanol–water partition coefficient (Wildman–Crippen LogP) is 4.08. The van der Waals surface area contributed by atoms with E-state index in [1.807, 2.05) is 37.3 Å². The lowest BCUT2D eigenvalue weighted by Crippen LogP contribution is -1.90. The standard InChI is InChI=1S/C9H11N3.CH4/c1-2-9(11-12-10)8-6-4-3-5-7-8;/h3-7,9H,2H2,1H3;1H4/t9-;/m1./s1. The van der Waals surface area contributed by atoms with Crippen molar-refractivity contribution >= 4 is 0 Å². The van der Waals surface area contributed by atoms with Crippen molar-refractivity contribution in [2.24, 2.45) is 5.11 Å². The highest BCUT2D eigenvalue weighted by molar-refractivity contribution is 5.18. The Hall–Kier alpha value is -1.47. The summed E-state index contributed by atoms with van der Waals surface area (Å²) in [6.45, 7) is 2.01. The molecule has 13 heavy (non-hydrogen) atoms. The summed E-state index contributed by atoms with van der Waals surface area (Å²) in [4.78, 5) is 2.81. The molecule has 0 aromatic heterocycles. The van der Waals surface area contributed by atoms with Gasteiger partial charge in [0.25, 0.3) is 0 Å². The van der Waals surface area contributed by atoms with Crippen LogP contribution in [-0.2, 0) is 0 Å². The van der Waals surface area contributed by atoms with E-state index in [4.69, 9.17) is 5.53 Å². The zero-order valence-electron chi connectivity index (χ0n) is 7.01. The van der Waals surface area contributed by atoms with Crippen LogP contribution in [0.5, 0.6) is 0 Å². The summed E-state index contributed by atoms with van der Waals surface area (Å²) in [6.07, 6.45) is 0.841. The van der Waals surface area contributed by atoms with E-state index in [9.17, 15) is 0 Å². The molecule has 0 fully saturated rings. The van der Waals surface area contributed by atoms with Crippen LogP contribution in [0.15, 0.2) is 35.4 Å². The quantitative estimate of drug-likeness (QED) is 0.379. The van der Waals surface area contributed by atoms with Crippen molar-refractivity contribution in [3.63, 3.8) is 0 Å². The summed E-state index contributed by atoms with van der Waals surface area (Å²) < 4.78 is 0. The van der Waals surface area contributed by atoms with E-state index in [1.165, 1.54) is 0 Å². The maximum Gasteiger partial charge on any atom is 0.0622 e. The molecule has 0 radical (unpaired) electrons. The van der Waals surface area contributed by atoms with E-state index in [0.717, 1.165) is 12.0 Å². The fraction of sp³-hybridized carbons (Fsp3) is 0.400. The molecule has 3 nitrogen and oxygen atoms in total. The van der Waals surface area contributed by atoms with Gasteiger partial charge in [0.1, 0.15) is 0 Å². The van der Waals surface area contributed by atoms with E-state index in [0.29, 0.717) is 0 Å². The maximum atomic E-state index is 8.29. The lowest BCUT2D eigenvalue weighted by Gasteiger charge is -2.06. The van der Waals surface area contributed by atoms with Gasteiger partial charge in [-0.15, -0.1) is 0 Å². The summed E-state index contributed by atoms with van der Waals surface area (Å²) >= 11 is 0. The highest BCUT2D eigenvalue weighted by Crippen LogP contribution is 2.20. The average molecular weight is 177 g/mol. The highest BCUT2D eigenvalue weighted by Gasteiger charge is 2.04. The number of hydrogen-bond acceptors (Lipinski definition) is 1. The third kappa shape index (κ3) is 3.18. The fourth-order valence-electron chi connectivity index (χ4n) is 1.12. The van der Waals surface area contributed by atoms with Crippen molar-refractivity contribution in [1.29, 1.82) is 0 Å². The fourth-order valence-corrected chi connectivity index (χ4v) is 1.12. The van der Waals surface area contributed by atoms with Gasteiger partial charge in [-0.2, -0.15) is 0 Å². The Morgan fingerprint density at radius 2 is 2.00 bits per heavy atom. The molecule has 0 heterocycles. The Balaban J connectivity index is 0.00000144. The van der Waals surface area contributed by atoms with E-state index >= 15 is 0 Å². The lowest BCUT2D eigenvalue weighted by molar-refractivity contribution is 0.693. The molecular formula is C10H15N3. The molecule has 0 unspecified atom stereocenters. The van der Waals surface area contributed by atoms with Crippen molar-refractivity contribution in [2.45, 2.75) is 26.8 Å². The van der Waals surface area contributed by atoms with Gasteiger partial charge in [0, 0.05) is 4.91 Å². The van der Waals surface area contributed by atoms with Gasteiger partial charge < -0.3 is 0 Å². The van der Waals surface area contributed by atoms with E-state index in [1.54, 1.807) is 0 Å². The lowest BCUT2D eigenvalue weighted by atomic mass is 10.1. The number of nitrogens with zero attached hydrogens (tertiary/aromatic N) is 3. The van der Waals surface area contributed by atoms with Crippen LogP contribution in [0, 0.1) is 0 Å². The molecule has 1 aromatic rings. The molecule has 70 valence electrons. The smallest absolute Gasteiger partial charge is 0.0622 e. The largest absolute Gasteiger partial charge is 0.0859 e. The first-order chi connectivity index (χ1) is 5.88. The third-order valence-electron chi connectivity index (χ3n) is 1.76. The van der Waals surface area contributed by atoms with Crippen LogP contribution >= 0.6 is 0 Å². The zero-order chi connectivity index (χ0) is 8.81. The Labute approximate surface area is 79.0 Å². The number of rotatable bonds is 3. The summed E-state index contributed by atoms with van der Waals surface area (Å²) in [5.41, 5.74) is 9.37. The Morgan fingerprint density at radius 1 is 1.38 bits per heavy atom. The highest BCUT2D eigenvalue weighted by atomic mass is 15.1. The molecule has 0 saturated carbocycles. The number of azide groups is 1. The van der Waals surface area contributed by atoms with Crippen LogP contribution in [0.25, 0.3) is 10.4 Å². The molecule has 0 N–H and O–H groups in total. The van der Waals surface area contributed by atoms with E-state index in [-0.39, 0.29) is 13.5 Å². The summed E-state index contributed by atoms with van der Waals surface area (Å²) in [5.74, 6) is 0. The van der Waals surface area contributed by atoms with Crippen LogP contribution < -0.4 is 0 Å². The second kappa shape index (κ2) is 6.09. The van der Waals surface area contributed by atoms with Crippen LogP contribution in [0.1, 0.15) is 32.4 Å². The van der Waals surface area contributed by atoms with Crippen molar-refractivity contribution < 1.29 is 0 Å². The molecule has 1 atom stereocenters. The van der Waals surface area contributed by atoms with Crippen LogP contribution in [-0.4, -0.2) is 0 Å². The monoisotopic (exact) mass is 177 g/mol. The van der Waals surface area contributed by atoms with Crippen LogP contribution in [0.2, 0.25) is 0 Å². The molecule has 3 heteroatoms. The molecule has 1 rings (SSSR count). The van der Waals surface area contributed by atoms with Gasteiger partial charge in [-0.25, -0.2) is 0 Å². The molecule has 0 amide bonds. The van der Waals surface area contributed by atoms with Crippen molar-refractivity contribution in [1.82, 2.24) is 0 Å². The minimum absolute atomic E-state index is 0. The van der Waals surface area contributed by atoms with Crippen molar-refractivity contribution in [3.8, 4) is 0 Å². The number of hydrogen-bond donors (Lipinski definition) is 0. The van der Waals surface area contributed by atoms with E-state index < -0.39 is 0 Å². The molecule has 1 aromatic carbocycles. The topological polar surface area (TPSA) is 48.8 Å². The second-order valence-corrected chi connectivity index (χ2v) is 2.54. The maximum absolute atomic E-state index is 8.29. The predicted molar refractivity (Wildman–Crippen MR) is 55.4 cm³/mol.